The molecule has 1 N–H and O–H groups in total. The summed E-state index contributed by atoms with van der Waals surface area (Å²) in [5.74, 6) is 0.755. The molecule has 1 aromatic carbocycles. The topological polar surface area (TPSA) is 47.0 Å². The van der Waals surface area contributed by atoms with Crippen LogP contribution >= 0.6 is 22.6 Å². The fourth-order valence-electron chi connectivity index (χ4n) is 1.59. The lowest BCUT2D eigenvalue weighted by Gasteiger charge is -2.08. The van der Waals surface area contributed by atoms with Crippen LogP contribution in [0.3, 0.4) is 0 Å². The Hall–Kier alpha value is -1.21. The van der Waals surface area contributed by atoms with Crippen LogP contribution in [0.4, 0.5) is 0 Å². The maximum Gasteiger partial charge on any atom is 0.322 e. The SMILES string of the molecule is CCNCc1cnc(Oc2cccc(I)c2)nc1C. The number of halogens is 1. The Morgan fingerprint density at radius 3 is 2.89 bits per heavy atom. The minimum Gasteiger partial charge on any atom is -0.424 e. The zero-order valence-electron chi connectivity index (χ0n) is 11.0. The predicted molar refractivity (Wildman–Crippen MR) is 83.4 cm³/mol. The van der Waals surface area contributed by atoms with Gasteiger partial charge in [-0.25, -0.2) is 4.98 Å². The average Bonchev–Trinajstić information content (AvgIpc) is 2.38. The van der Waals surface area contributed by atoms with Gasteiger partial charge in [-0.15, -0.1) is 0 Å². The van der Waals surface area contributed by atoms with Gasteiger partial charge in [-0.3, -0.25) is 0 Å². The minimum atomic E-state index is 0.389. The van der Waals surface area contributed by atoms with Crippen LogP contribution in [0, 0.1) is 10.5 Å². The molecular weight excluding hydrogens is 353 g/mol. The van der Waals surface area contributed by atoms with Crippen molar-refractivity contribution in [1.82, 2.24) is 15.3 Å². The lowest BCUT2D eigenvalue weighted by molar-refractivity contribution is 0.439. The highest BCUT2D eigenvalue weighted by atomic mass is 127. The normalized spacial score (nSPS) is 10.5. The van der Waals surface area contributed by atoms with E-state index in [1.54, 1.807) is 0 Å². The molecule has 0 bridgehead atoms. The molecule has 0 radical (unpaired) electrons. The largest absolute Gasteiger partial charge is 0.424 e. The number of nitrogens with zero attached hydrogens (tertiary/aromatic N) is 2. The molecule has 0 spiro atoms. The molecule has 0 amide bonds. The molecule has 19 heavy (non-hydrogen) atoms. The van der Waals surface area contributed by atoms with Crippen molar-refractivity contribution in [3.05, 3.63) is 45.3 Å². The van der Waals surface area contributed by atoms with Gasteiger partial charge in [0.1, 0.15) is 5.75 Å². The second-order valence-corrected chi connectivity index (χ2v) is 5.35. The van der Waals surface area contributed by atoms with Crippen molar-refractivity contribution >= 4 is 22.6 Å². The first kappa shape index (κ1) is 14.2. The van der Waals surface area contributed by atoms with Gasteiger partial charge < -0.3 is 10.1 Å². The Labute approximate surface area is 126 Å². The van der Waals surface area contributed by atoms with Crippen molar-refractivity contribution in [3.63, 3.8) is 0 Å². The Bertz CT molecular complexity index is 560. The summed E-state index contributed by atoms with van der Waals surface area (Å²) >= 11 is 2.25. The van der Waals surface area contributed by atoms with E-state index in [2.05, 4.69) is 44.8 Å². The molecule has 1 heterocycles. The number of hydrogen-bond acceptors (Lipinski definition) is 4. The summed E-state index contributed by atoms with van der Waals surface area (Å²) < 4.78 is 6.77. The number of aryl methyl sites for hydroxylation is 1. The summed E-state index contributed by atoms with van der Waals surface area (Å²) in [6.07, 6.45) is 1.81. The molecule has 4 nitrogen and oxygen atoms in total. The summed E-state index contributed by atoms with van der Waals surface area (Å²) in [6, 6.07) is 8.20. The summed E-state index contributed by atoms with van der Waals surface area (Å²) in [5, 5.41) is 3.26. The maximum absolute atomic E-state index is 5.65. The van der Waals surface area contributed by atoms with Crippen molar-refractivity contribution in [2.45, 2.75) is 20.4 Å². The van der Waals surface area contributed by atoms with E-state index in [1.165, 1.54) is 0 Å². The highest BCUT2D eigenvalue weighted by Gasteiger charge is 2.05. The first-order valence-corrected chi connectivity index (χ1v) is 7.23. The second-order valence-electron chi connectivity index (χ2n) is 4.10. The molecule has 100 valence electrons. The number of ether oxygens (including phenoxy) is 1. The van der Waals surface area contributed by atoms with Gasteiger partial charge in [-0.05, 0) is 54.3 Å². The van der Waals surface area contributed by atoms with E-state index in [0.29, 0.717) is 6.01 Å². The molecule has 2 aromatic rings. The molecule has 0 saturated heterocycles. The predicted octanol–water partition coefficient (Wildman–Crippen LogP) is 3.29. The quantitative estimate of drug-likeness (QED) is 0.822. The zero-order valence-corrected chi connectivity index (χ0v) is 13.1. The van der Waals surface area contributed by atoms with E-state index in [-0.39, 0.29) is 0 Å². The molecule has 0 aliphatic carbocycles. The van der Waals surface area contributed by atoms with Gasteiger partial charge in [0.25, 0.3) is 0 Å². The molecule has 0 saturated carbocycles. The Morgan fingerprint density at radius 1 is 1.37 bits per heavy atom. The van der Waals surface area contributed by atoms with Gasteiger partial charge in [-0.2, -0.15) is 4.98 Å². The van der Waals surface area contributed by atoms with Crippen LogP contribution < -0.4 is 10.1 Å². The number of rotatable bonds is 5. The van der Waals surface area contributed by atoms with E-state index in [1.807, 2.05) is 37.4 Å². The second kappa shape index (κ2) is 6.81. The molecule has 0 atom stereocenters. The van der Waals surface area contributed by atoms with Gasteiger partial charge >= 0.3 is 6.01 Å². The van der Waals surface area contributed by atoms with E-state index < -0.39 is 0 Å². The first-order chi connectivity index (χ1) is 9.19. The molecule has 2 rings (SSSR count). The van der Waals surface area contributed by atoms with Crippen LogP contribution in [-0.4, -0.2) is 16.5 Å². The number of nitrogens with one attached hydrogen (secondary N) is 1. The van der Waals surface area contributed by atoms with Crippen molar-refractivity contribution in [3.8, 4) is 11.8 Å². The monoisotopic (exact) mass is 369 g/mol. The van der Waals surface area contributed by atoms with Crippen LogP contribution in [-0.2, 0) is 6.54 Å². The van der Waals surface area contributed by atoms with E-state index >= 15 is 0 Å². The van der Waals surface area contributed by atoms with Crippen molar-refractivity contribution in [1.29, 1.82) is 0 Å². The maximum atomic E-state index is 5.65. The van der Waals surface area contributed by atoms with Crippen molar-refractivity contribution in [2.24, 2.45) is 0 Å². The first-order valence-electron chi connectivity index (χ1n) is 6.15. The number of benzene rings is 1. The molecule has 5 heteroatoms. The van der Waals surface area contributed by atoms with E-state index in [0.717, 1.165) is 33.7 Å². The standard InChI is InChI=1S/C14H16IN3O/c1-3-16-8-11-9-17-14(18-10(11)2)19-13-6-4-5-12(15)7-13/h4-7,9,16H,3,8H2,1-2H3. The molecule has 0 fully saturated rings. The lowest BCUT2D eigenvalue weighted by Crippen LogP contribution is -2.13. The smallest absolute Gasteiger partial charge is 0.322 e. The summed E-state index contributed by atoms with van der Waals surface area (Å²) in [5.41, 5.74) is 2.04. The summed E-state index contributed by atoms with van der Waals surface area (Å²) in [4.78, 5) is 8.62. The van der Waals surface area contributed by atoms with Crippen LogP contribution in [0.5, 0.6) is 11.8 Å². The lowest BCUT2D eigenvalue weighted by atomic mass is 10.2. The summed E-state index contributed by atoms with van der Waals surface area (Å²) in [7, 11) is 0. The van der Waals surface area contributed by atoms with E-state index in [4.69, 9.17) is 4.74 Å². The summed E-state index contributed by atoms with van der Waals surface area (Å²) in [6.45, 7) is 5.76. The molecule has 0 aliphatic heterocycles. The van der Waals surface area contributed by atoms with Gasteiger partial charge in [0.05, 0.1) is 0 Å². The van der Waals surface area contributed by atoms with Gasteiger partial charge in [0.15, 0.2) is 0 Å². The van der Waals surface area contributed by atoms with Crippen LogP contribution in [0.2, 0.25) is 0 Å². The average molecular weight is 369 g/mol. The van der Waals surface area contributed by atoms with Crippen LogP contribution in [0.1, 0.15) is 18.2 Å². The molecular formula is C14H16IN3O. The van der Waals surface area contributed by atoms with Gasteiger partial charge in [0.2, 0.25) is 0 Å². The molecule has 1 aromatic heterocycles. The molecule has 0 unspecified atom stereocenters. The fraction of sp³-hybridized carbons (Fsp3) is 0.286. The van der Waals surface area contributed by atoms with Crippen LogP contribution in [0.25, 0.3) is 0 Å². The van der Waals surface area contributed by atoms with E-state index in [9.17, 15) is 0 Å². The number of hydrogen-bond donors (Lipinski definition) is 1. The third kappa shape index (κ3) is 4.14. The van der Waals surface area contributed by atoms with Gasteiger partial charge in [0, 0.05) is 27.6 Å². The molecule has 0 aliphatic rings. The van der Waals surface area contributed by atoms with Crippen molar-refractivity contribution in [2.75, 3.05) is 6.54 Å². The van der Waals surface area contributed by atoms with Crippen molar-refractivity contribution < 1.29 is 4.74 Å². The highest BCUT2D eigenvalue weighted by Crippen LogP contribution is 2.20. The zero-order chi connectivity index (χ0) is 13.7. The minimum absolute atomic E-state index is 0.389. The Morgan fingerprint density at radius 2 is 2.21 bits per heavy atom. The highest BCUT2D eigenvalue weighted by molar-refractivity contribution is 14.1. The Kier molecular flexibility index (Phi) is 5.09. The third-order valence-corrected chi connectivity index (χ3v) is 3.30. The third-order valence-electron chi connectivity index (χ3n) is 2.63. The number of aromatic nitrogens is 2. The van der Waals surface area contributed by atoms with Gasteiger partial charge in [-0.1, -0.05) is 13.0 Å². The van der Waals surface area contributed by atoms with Crippen LogP contribution in [0.15, 0.2) is 30.5 Å². The fourth-order valence-corrected chi connectivity index (χ4v) is 2.10. The Balaban J connectivity index is 2.11.